The van der Waals surface area contributed by atoms with Gasteiger partial charge in [-0.1, -0.05) is 13.8 Å². The van der Waals surface area contributed by atoms with Gasteiger partial charge in [0.2, 0.25) is 0 Å². The molecule has 1 fully saturated rings. The fourth-order valence-electron chi connectivity index (χ4n) is 2.18. The van der Waals surface area contributed by atoms with Crippen molar-refractivity contribution in [2.45, 2.75) is 39.6 Å². The molecular formula is C13H20BNO2. The van der Waals surface area contributed by atoms with Gasteiger partial charge in [0.05, 0.1) is 18.9 Å². The van der Waals surface area contributed by atoms with Gasteiger partial charge in [-0.15, -0.1) is 0 Å². The zero-order chi connectivity index (χ0) is 12.7. The van der Waals surface area contributed by atoms with Crippen LogP contribution in [0.1, 0.15) is 27.7 Å². The second kappa shape index (κ2) is 4.02. The Hall–Kier alpha value is -1.03. The minimum Gasteiger partial charge on any atom is -0.495 e. The molecule has 92 valence electrons. The van der Waals surface area contributed by atoms with E-state index < -0.39 is 0 Å². The Kier molecular flexibility index (Phi) is 2.94. The van der Waals surface area contributed by atoms with Crippen LogP contribution in [0, 0.1) is 5.41 Å². The molecule has 0 spiro atoms. The molecule has 0 radical (unpaired) electrons. The normalized spacial score (nSPS) is 21.6. The molecule has 0 atom stereocenters. The fraction of sp³-hybridized carbons (Fsp3) is 0.615. The summed E-state index contributed by atoms with van der Waals surface area (Å²) >= 11 is 0. The minimum absolute atomic E-state index is 0.110. The summed E-state index contributed by atoms with van der Waals surface area (Å²) < 4.78 is 11.4. The quantitative estimate of drug-likeness (QED) is 0.733. The van der Waals surface area contributed by atoms with Gasteiger partial charge < -0.3 is 9.39 Å². The van der Waals surface area contributed by atoms with Gasteiger partial charge in [-0.3, -0.25) is 4.98 Å². The monoisotopic (exact) mass is 233 g/mol. The van der Waals surface area contributed by atoms with Crippen molar-refractivity contribution in [2.24, 2.45) is 5.41 Å². The highest BCUT2D eigenvalue weighted by molar-refractivity contribution is 6.68. The van der Waals surface area contributed by atoms with Crippen molar-refractivity contribution >= 4 is 12.4 Å². The first-order chi connectivity index (χ1) is 7.86. The summed E-state index contributed by atoms with van der Waals surface area (Å²) in [5.74, 6) is 0.786. The molecule has 0 unspecified atom stereocenters. The average Bonchev–Trinajstić information content (AvgIpc) is 2.48. The third-order valence-corrected chi connectivity index (χ3v) is 4.10. The molecule has 3 nitrogen and oxygen atoms in total. The van der Waals surface area contributed by atoms with E-state index in [1.807, 2.05) is 12.3 Å². The van der Waals surface area contributed by atoms with Crippen molar-refractivity contribution in [1.29, 1.82) is 0 Å². The molecule has 0 aromatic carbocycles. The molecule has 2 rings (SSSR count). The predicted molar refractivity (Wildman–Crippen MR) is 69.9 cm³/mol. The van der Waals surface area contributed by atoms with E-state index in [0.29, 0.717) is 0 Å². The van der Waals surface area contributed by atoms with Crippen molar-refractivity contribution in [3.8, 4) is 5.75 Å². The van der Waals surface area contributed by atoms with Gasteiger partial charge in [0.1, 0.15) is 5.75 Å². The Bertz CT molecular complexity index is 402. The maximum atomic E-state index is 6.15. The first-order valence-electron chi connectivity index (χ1n) is 6.02. The molecule has 1 aromatic rings. The van der Waals surface area contributed by atoms with Crippen LogP contribution in [0.25, 0.3) is 0 Å². The van der Waals surface area contributed by atoms with Crippen molar-refractivity contribution in [2.75, 3.05) is 7.11 Å². The average molecular weight is 233 g/mol. The highest BCUT2D eigenvalue weighted by Gasteiger charge is 2.49. The standard InChI is InChI=1S/C13H20BNO2/c1-12(2)9-14(17-13(12,3)4)10-6-11(16-5)8-15-7-10/h6-8H,9H2,1-5H3. The molecule has 1 aliphatic heterocycles. The van der Waals surface area contributed by atoms with E-state index in [1.54, 1.807) is 13.3 Å². The fourth-order valence-corrected chi connectivity index (χ4v) is 2.18. The van der Waals surface area contributed by atoms with Crippen LogP contribution in [-0.4, -0.2) is 24.6 Å². The van der Waals surface area contributed by atoms with E-state index in [2.05, 4.69) is 32.7 Å². The third-order valence-electron chi connectivity index (χ3n) is 4.10. The SMILES string of the molecule is COc1cncc(B2CC(C)(C)C(C)(C)O2)c1. The second-order valence-corrected chi connectivity index (χ2v) is 5.86. The largest absolute Gasteiger partial charge is 0.495 e. The lowest BCUT2D eigenvalue weighted by Crippen LogP contribution is -2.36. The summed E-state index contributed by atoms with van der Waals surface area (Å²) in [6.07, 6.45) is 4.59. The summed E-state index contributed by atoms with van der Waals surface area (Å²) in [7, 11) is 1.66. The lowest BCUT2D eigenvalue weighted by Gasteiger charge is -2.34. The lowest BCUT2D eigenvalue weighted by molar-refractivity contribution is 0.0375. The summed E-state index contributed by atoms with van der Waals surface area (Å²) in [6, 6.07) is 2.01. The van der Waals surface area contributed by atoms with Gasteiger partial charge in [-0.25, -0.2) is 0 Å². The summed E-state index contributed by atoms with van der Waals surface area (Å²) in [6.45, 7) is 8.92. The van der Waals surface area contributed by atoms with Gasteiger partial charge in [0, 0.05) is 6.20 Å². The van der Waals surface area contributed by atoms with Gasteiger partial charge in [-0.05, 0) is 37.1 Å². The summed E-state index contributed by atoms with van der Waals surface area (Å²) in [5, 5.41) is 0. The highest BCUT2D eigenvalue weighted by atomic mass is 16.5. The Morgan fingerprint density at radius 2 is 2.00 bits per heavy atom. The first kappa shape index (κ1) is 12.4. The molecule has 1 aromatic heterocycles. The van der Waals surface area contributed by atoms with E-state index in [4.69, 9.17) is 9.39 Å². The number of hydrogen-bond donors (Lipinski definition) is 0. The smallest absolute Gasteiger partial charge is 0.329 e. The molecule has 2 heterocycles. The van der Waals surface area contributed by atoms with Crippen molar-refractivity contribution < 1.29 is 9.39 Å². The van der Waals surface area contributed by atoms with E-state index >= 15 is 0 Å². The second-order valence-electron chi connectivity index (χ2n) is 5.86. The van der Waals surface area contributed by atoms with Crippen LogP contribution in [0.5, 0.6) is 5.75 Å². The molecule has 0 N–H and O–H groups in total. The zero-order valence-corrected chi connectivity index (χ0v) is 11.3. The van der Waals surface area contributed by atoms with Gasteiger partial charge in [0.25, 0.3) is 0 Å². The minimum atomic E-state index is -0.110. The Morgan fingerprint density at radius 3 is 2.53 bits per heavy atom. The van der Waals surface area contributed by atoms with Crippen LogP contribution in [0.3, 0.4) is 0 Å². The van der Waals surface area contributed by atoms with Gasteiger partial charge in [-0.2, -0.15) is 0 Å². The Balaban J connectivity index is 2.25. The topological polar surface area (TPSA) is 31.4 Å². The van der Waals surface area contributed by atoms with E-state index in [0.717, 1.165) is 17.5 Å². The summed E-state index contributed by atoms with van der Waals surface area (Å²) in [4.78, 5) is 4.19. The van der Waals surface area contributed by atoms with Crippen LogP contribution in [0.2, 0.25) is 6.32 Å². The zero-order valence-electron chi connectivity index (χ0n) is 11.3. The van der Waals surface area contributed by atoms with Gasteiger partial charge in [0.15, 0.2) is 0 Å². The highest BCUT2D eigenvalue weighted by Crippen LogP contribution is 2.45. The first-order valence-corrected chi connectivity index (χ1v) is 6.02. The molecule has 0 aliphatic carbocycles. The molecule has 0 bridgehead atoms. The maximum absolute atomic E-state index is 6.15. The van der Waals surface area contributed by atoms with Crippen LogP contribution < -0.4 is 10.2 Å². The molecule has 1 saturated heterocycles. The molecule has 0 amide bonds. The van der Waals surface area contributed by atoms with Crippen LogP contribution >= 0.6 is 0 Å². The molecule has 17 heavy (non-hydrogen) atoms. The Labute approximate surface area is 104 Å². The number of methoxy groups -OCH3 is 1. The Morgan fingerprint density at radius 1 is 1.29 bits per heavy atom. The summed E-state index contributed by atoms with van der Waals surface area (Å²) in [5.41, 5.74) is 1.16. The number of rotatable bonds is 2. The van der Waals surface area contributed by atoms with Crippen LogP contribution in [0.15, 0.2) is 18.5 Å². The number of nitrogens with zero attached hydrogens (tertiary/aromatic N) is 1. The van der Waals surface area contributed by atoms with E-state index in [1.165, 1.54) is 0 Å². The number of aromatic nitrogens is 1. The molecule has 4 heteroatoms. The molecular weight excluding hydrogens is 213 g/mol. The number of hydrogen-bond acceptors (Lipinski definition) is 3. The van der Waals surface area contributed by atoms with Crippen molar-refractivity contribution in [3.63, 3.8) is 0 Å². The van der Waals surface area contributed by atoms with Crippen molar-refractivity contribution in [3.05, 3.63) is 18.5 Å². The lowest BCUT2D eigenvalue weighted by atomic mass is 9.54. The predicted octanol–water partition coefficient (Wildman–Crippen LogP) is 2.12. The third kappa shape index (κ3) is 2.18. The maximum Gasteiger partial charge on any atom is 0.329 e. The van der Waals surface area contributed by atoms with Crippen LogP contribution in [-0.2, 0) is 4.65 Å². The van der Waals surface area contributed by atoms with E-state index in [-0.39, 0.29) is 17.9 Å². The molecule has 1 aliphatic rings. The number of pyridine rings is 1. The van der Waals surface area contributed by atoms with Gasteiger partial charge >= 0.3 is 6.92 Å². The van der Waals surface area contributed by atoms with Crippen LogP contribution in [0.4, 0.5) is 0 Å². The van der Waals surface area contributed by atoms with E-state index in [9.17, 15) is 0 Å². The number of ether oxygens (including phenoxy) is 1. The molecule has 0 saturated carbocycles. The van der Waals surface area contributed by atoms with Crippen molar-refractivity contribution in [1.82, 2.24) is 4.98 Å².